The van der Waals surface area contributed by atoms with Crippen LogP contribution in [0.4, 0.5) is 0 Å². The van der Waals surface area contributed by atoms with E-state index in [4.69, 9.17) is 0 Å². The Labute approximate surface area is 65.5 Å². The molecule has 58 valence electrons. The van der Waals surface area contributed by atoms with Gasteiger partial charge in [-0.1, -0.05) is 40.0 Å². The van der Waals surface area contributed by atoms with Gasteiger partial charge in [0.15, 0.2) is 0 Å². The van der Waals surface area contributed by atoms with Gasteiger partial charge in [-0.15, -0.1) is 0 Å². The molecule has 0 aromatic rings. The first-order chi connectivity index (χ1) is 4.33. The third-order valence-electron chi connectivity index (χ3n) is 1.01. The highest BCUT2D eigenvalue weighted by atomic mass is 32.1. The molecule has 0 aliphatic heterocycles. The molecule has 0 saturated heterocycles. The Morgan fingerprint density at radius 2 is 1.33 bits per heavy atom. The van der Waals surface area contributed by atoms with E-state index in [-0.39, 0.29) is 0 Å². The van der Waals surface area contributed by atoms with Gasteiger partial charge in [0.2, 0.25) is 0 Å². The smallest absolute Gasteiger partial charge is 0.00980 e. The summed E-state index contributed by atoms with van der Waals surface area (Å²) in [5.74, 6) is 1.04. The van der Waals surface area contributed by atoms with Crippen molar-refractivity contribution in [2.75, 3.05) is 5.75 Å². The van der Waals surface area contributed by atoms with Crippen LogP contribution in [0.15, 0.2) is 0 Å². The minimum absolute atomic E-state index is 1.04. The fourth-order valence-electron chi connectivity index (χ4n) is 0.158. The van der Waals surface area contributed by atoms with Crippen molar-refractivity contribution >= 4 is 12.6 Å². The molecule has 0 N–H and O–H groups in total. The second-order valence-corrected chi connectivity index (χ2v) is 2.52. The zero-order valence-corrected chi connectivity index (χ0v) is 7.88. The molecule has 0 aliphatic rings. The lowest BCUT2D eigenvalue weighted by molar-refractivity contribution is 0.886. The van der Waals surface area contributed by atoms with Gasteiger partial charge in [-0.2, -0.15) is 12.6 Å². The molecule has 0 bridgehead atoms. The average molecular weight is 148 g/mol. The maximum Gasteiger partial charge on any atom is -0.00980 e. The molecular formula is C8H20S. The predicted octanol–water partition coefficient (Wildman–Crippen LogP) is 3.52. The van der Waals surface area contributed by atoms with Crippen LogP contribution in [0.3, 0.4) is 0 Å². The first-order valence-corrected chi connectivity index (χ1v) is 4.57. The quantitative estimate of drug-likeness (QED) is 0.582. The molecule has 0 aliphatic carbocycles. The van der Waals surface area contributed by atoms with Gasteiger partial charge in [0.05, 0.1) is 0 Å². The second kappa shape index (κ2) is 15.8. The Morgan fingerprint density at radius 1 is 0.889 bits per heavy atom. The molecule has 0 heterocycles. The van der Waals surface area contributed by atoms with Gasteiger partial charge in [0, 0.05) is 0 Å². The highest BCUT2D eigenvalue weighted by Crippen LogP contribution is 1.85. The number of rotatable bonds is 3. The highest BCUT2D eigenvalue weighted by molar-refractivity contribution is 7.80. The van der Waals surface area contributed by atoms with Gasteiger partial charge in [0.25, 0.3) is 0 Å². The Kier molecular flexibility index (Phi) is 21.1. The van der Waals surface area contributed by atoms with Crippen LogP contribution < -0.4 is 0 Å². The fourth-order valence-corrected chi connectivity index (χ4v) is 0.474. The van der Waals surface area contributed by atoms with Crippen LogP contribution in [-0.4, -0.2) is 5.75 Å². The molecule has 0 aromatic heterocycles. The van der Waals surface area contributed by atoms with Crippen LogP contribution in [0.1, 0.15) is 46.5 Å². The van der Waals surface area contributed by atoms with E-state index >= 15 is 0 Å². The highest BCUT2D eigenvalue weighted by Gasteiger charge is 1.68. The molecule has 0 aromatic carbocycles. The first-order valence-electron chi connectivity index (χ1n) is 3.94. The van der Waals surface area contributed by atoms with Crippen LogP contribution >= 0.6 is 12.6 Å². The maximum atomic E-state index is 4.00. The summed E-state index contributed by atoms with van der Waals surface area (Å²) in [5, 5.41) is 0. The Hall–Kier alpha value is 0.350. The van der Waals surface area contributed by atoms with Crippen LogP contribution in [-0.2, 0) is 0 Å². The Morgan fingerprint density at radius 3 is 1.33 bits per heavy atom. The van der Waals surface area contributed by atoms with E-state index in [0.29, 0.717) is 0 Å². The topological polar surface area (TPSA) is 0 Å². The summed E-state index contributed by atoms with van der Waals surface area (Å²) in [6, 6.07) is 0. The summed E-state index contributed by atoms with van der Waals surface area (Å²) in [4.78, 5) is 0. The van der Waals surface area contributed by atoms with Gasteiger partial charge in [-0.05, 0) is 12.2 Å². The number of thiol groups is 1. The molecule has 0 amide bonds. The summed E-state index contributed by atoms with van der Waals surface area (Å²) in [5.41, 5.74) is 0. The second-order valence-electron chi connectivity index (χ2n) is 2.08. The molecule has 0 fully saturated rings. The first kappa shape index (κ1) is 12.1. The van der Waals surface area contributed by atoms with E-state index < -0.39 is 0 Å². The van der Waals surface area contributed by atoms with Gasteiger partial charge in [-0.25, -0.2) is 0 Å². The molecular weight excluding hydrogens is 128 g/mol. The van der Waals surface area contributed by atoms with E-state index in [0.717, 1.165) is 5.75 Å². The molecule has 0 radical (unpaired) electrons. The van der Waals surface area contributed by atoms with Crippen LogP contribution in [0.25, 0.3) is 0 Å². The van der Waals surface area contributed by atoms with Crippen LogP contribution in [0.2, 0.25) is 0 Å². The van der Waals surface area contributed by atoms with Crippen molar-refractivity contribution in [1.82, 2.24) is 0 Å². The molecule has 0 spiro atoms. The molecule has 0 nitrogen and oxygen atoms in total. The third-order valence-corrected chi connectivity index (χ3v) is 1.33. The van der Waals surface area contributed by atoms with Gasteiger partial charge in [-0.3, -0.25) is 0 Å². The third kappa shape index (κ3) is 30.0. The lowest BCUT2D eigenvalue weighted by Gasteiger charge is -1.78. The van der Waals surface area contributed by atoms with Crippen molar-refractivity contribution in [3.05, 3.63) is 0 Å². The van der Waals surface area contributed by atoms with Gasteiger partial charge < -0.3 is 0 Å². The molecule has 9 heavy (non-hydrogen) atoms. The van der Waals surface area contributed by atoms with E-state index in [1.54, 1.807) is 0 Å². The summed E-state index contributed by atoms with van der Waals surface area (Å²) in [6.07, 6.45) is 5.16. The summed E-state index contributed by atoms with van der Waals surface area (Å²) in [6.45, 7) is 6.52. The summed E-state index contributed by atoms with van der Waals surface area (Å²) >= 11 is 4.00. The van der Waals surface area contributed by atoms with Crippen molar-refractivity contribution in [2.24, 2.45) is 0 Å². The maximum absolute atomic E-state index is 4.00. The zero-order chi connectivity index (χ0) is 7.54. The minimum atomic E-state index is 1.04. The van der Waals surface area contributed by atoms with E-state index in [9.17, 15) is 0 Å². The number of unbranched alkanes of at least 4 members (excludes halogenated alkanes) is 2. The number of hydrogen-bond donors (Lipinski definition) is 1. The molecule has 0 atom stereocenters. The minimum Gasteiger partial charge on any atom is -0.179 e. The predicted molar refractivity (Wildman–Crippen MR) is 49.3 cm³/mol. The summed E-state index contributed by atoms with van der Waals surface area (Å²) in [7, 11) is 0. The van der Waals surface area contributed by atoms with Crippen molar-refractivity contribution in [2.45, 2.75) is 46.5 Å². The largest absolute Gasteiger partial charge is 0.179 e. The van der Waals surface area contributed by atoms with Crippen LogP contribution in [0.5, 0.6) is 0 Å². The van der Waals surface area contributed by atoms with Crippen LogP contribution in [0, 0.1) is 0 Å². The standard InChI is InChI=1S/C4H10S.C4H10/c1-2-3-4-5;1-3-4-2/h5H,2-4H2,1H3;3-4H2,1-2H3. The lowest BCUT2D eigenvalue weighted by Crippen LogP contribution is -1.65. The van der Waals surface area contributed by atoms with Crippen molar-refractivity contribution < 1.29 is 0 Å². The molecule has 0 rings (SSSR count). The Balaban J connectivity index is 0. The fraction of sp³-hybridized carbons (Fsp3) is 1.00. The normalized spacial score (nSPS) is 8.00. The molecule has 0 saturated carbocycles. The van der Waals surface area contributed by atoms with E-state index in [1.165, 1.54) is 25.7 Å². The summed E-state index contributed by atoms with van der Waals surface area (Å²) < 4.78 is 0. The van der Waals surface area contributed by atoms with E-state index in [1.807, 2.05) is 0 Å². The molecule has 1 heteroatoms. The Bertz CT molecular complexity index is 23.7. The van der Waals surface area contributed by atoms with E-state index in [2.05, 4.69) is 33.4 Å². The number of hydrogen-bond acceptors (Lipinski definition) is 1. The van der Waals surface area contributed by atoms with Gasteiger partial charge in [0.1, 0.15) is 0 Å². The zero-order valence-electron chi connectivity index (χ0n) is 6.98. The average Bonchev–Trinajstić information content (AvgIpc) is 1.91. The lowest BCUT2D eigenvalue weighted by atomic mass is 10.4. The van der Waals surface area contributed by atoms with Gasteiger partial charge >= 0.3 is 0 Å². The van der Waals surface area contributed by atoms with Crippen molar-refractivity contribution in [1.29, 1.82) is 0 Å². The monoisotopic (exact) mass is 148 g/mol. The van der Waals surface area contributed by atoms with Crippen molar-refractivity contribution in [3.8, 4) is 0 Å². The molecule has 0 unspecified atom stereocenters. The van der Waals surface area contributed by atoms with Crippen molar-refractivity contribution in [3.63, 3.8) is 0 Å². The SMILES string of the molecule is CCCC.CCCCS.